The molecule has 1 aromatic rings. The predicted molar refractivity (Wildman–Crippen MR) is 55.6 cm³/mol. The maximum absolute atomic E-state index is 11.2. The Kier molecular flexibility index (Phi) is 3.45. The third kappa shape index (κ3) is 3.48. The number of rotatable bonds is 4. The largest absolute Gasteiger partial charge is 0.478 e. The van der Waals surface area contributed by atoms with Crippen molar-refractivity contribution < 1.29 is 18.3 Å². The number of primary sulfonamides is 1. The van der Waals surface area contributed by atoms with Crippen molar-refractivity contribution in [3.05, 3.63) is 34.2 Å². The van der Waals surface area contributed by atoms with Gasteiger partial charge >= 0.3 is 5.97 Å². The van der Waals surface area contributed by atoms with Crippen molar-refractivity contribution in [2.75, 3.05) is 5.75 Å². The van der Waals surface area contributed by atoms with Crippen LogP contribution in [0.15, 0.2) is 23.1 Å². The molecular weight excluding hydrogens is 236 g/mol. The van der Waals surface area contributed by atoms with Gasteiger partial charge in [0.2, 0.25) is 10.0 Å². The molecule has 0 atom stereocenters. The summed E-state index contributed by atoms with van der Waals surface area (Å²) in [6.07, 6.45) is 1.08. The fourth-order valence-corrected chi connectivity index (χ4v) is 1.51. The van der Waals surface area contributed by atoms with Gasteiger partial charge in [0.1, 0.15) is 0 Å². The third-order valence-electron chi connectivity index (χ3n) is 1.85. The minimum atomic E-state index is -3.68. The van der Waals surface area contributed by atoms with E-state index >= 15 is 0 Å². The lowest BCUT2D eigenvalue weighted by Gasteiger charge is -2.04. The van der Waals surface area contributed by atoms with Gasteiger partial charge in [0.25, 0.3) is 5.56 Å². The standard InChI is InChI=1S/C8H10N2O5S/c9-16(14,15)4-3-10-5-6(8(12)13)1-2-7(10)11/h1-2,5H,3-4H2,(H,12,13)(H2,9,14,15). The monoisotopic (exact) mass is 246 g/mol. The molecule has 0 aliphatic carbocycles. The zero-order valence-corrected chi connectivity index (χ0v) is 8.98. The van der Waals surface area contributed by atoms with Crippen molar-refractivity contribution >= 4 is 16.0 Å². The van der Waals surface area contributed by atoms with Gasteiger partial charge in [0.15, 0.2) is 0 Å². The lowest BCUT2D eigenvalue weighted by molar-refractivity contribution is 0.0696. The Hall–Kier alpha value is -1.67. The average Bonchev–Trinajstić information content (AvgIpc) is 2.14. The van der Waals surface area contributed by atoms with E-state index in [-0.39, 0.29) is 12.1 Å². The predicted octanol–water partition coefficient (Wildman–Crippen LogP) is -1.16. The van der Waals surface area contributed by atoms with Gasteiger partial charge in [-0.05, 0) is 6.07 Å². The summed E-state index contributed by atoms with van der Waals surface area (Å²) < 4.78 is 22.4. The summed E-state index contributed by atoms with van der Waals surface area (Å²) in [5.74, 6) is -1.61. The molecule has 1 heterocycles. The van der Waals surface area contributed by atoms with Crippen LogP contribution in [0, 0.1) is 0 Å². The quantitative estimate of drug-likeness (QED) is 0.694. The molecule has 0 saturated heterocycles. The first kappa shape index (κ1) is 12.4. The molecule has 0 radical (unpaired) electrons. The Morgan fingerprint density at radius 2 is 2.06 bits per heavy atom. The molecule has 0 aliphatic heterocycles. The first-order chi connectivity index (χ1) is 7.29. The van der Waals surface area contributed by atoms with Crippen LogP contribution in [0.1, 0.15) is 10.4 Å². The molecule has 7 nitrogen and oxygen atoms in total. The van der Waals surface area contributed by atoms with E-state index < -0.39 is 27.3 Å². The van der Waals surface area contributed by atoms with Crippen molar-refractivity contribution in [3.8, 4) is 0 Å². The number of nitrogens with zero attached hydrogens (tertiary/aromatic N) is 1. The Morgan fingerprint density at radius 3 is 2.56 bits per heavy atom. The number of hydrogen-bond donors (Lipinski definition) is 2. The van der Waals surface area contributed by atoms with Crippen LogP contribution < -0.4 is 10.7 Å². The smallest absolute Gasteiger partial charge is 0.337 e. The summed E-state index contributed by atoms with van der Waals surface area (Å²) in [5.41, 5.74) is -0.567. The fraction of sp³-hybridized carbons (Fsp3) is 0.250. The molecule has 0 unspecified atom stereocenters. The summed E-state index contributed by atoms with van der Waals surface area (Å²) in [6, 6.07) is 2.21. The van der Waals surface area contributed by atoms with Crippen LogP contribution in [0.4, 0.5) is 0 Å². The SMILES string of the molecule is NS(=O)(=O)CCn1cc(C(=O)O)ccc1=O. The number of aromatic carboxylic acids is 1. The summed E-state index contributed by atoms with van der Waals surface area (Å²) in [4.78, 5) is 21.9. The zero-order valence-electron chi connectivity index (χ0n) is 8.16. The van der Waals surface area contributed by atoms with E-state index in [1.54, 1.807) is 0 Å². The molecule has 0 spiro atoms. The molecular formula is C8H10N2O5S. The number of aryl methyl sites for hydroxylation is 1. The summed E-state index contributed by atoms with van der Waals surface area (Å²) in [5, 5.41) is 13.4. The lowest BCUT2D eigenvalue weighted by Crippen LogP contribution is -2.26. The number of sulfonamides is 1. The Balaban J connectivity index is 3.00. The van der Waals surface area contributed by atoms with Crippen LogP contribution in [0.2, 0.25) is 0 Å². The lowest BCUT2D eigenvalue weighted by atomic mass is 10.3. The number of carboxylic acids is 1. The van der Waals surface area contributed by atoms with Gasteiger partial charge in [0.05, 0.1) is 11.3 Å². The van der Waals surface area contributed by atoms with Crippen molar-refractivity contribution in [2.24, 2.45) is 5.14 Å². The highest BCUT2D eigenvalue weighted by molar-refractivity contribution is 7.89. The second-order valence-corrected chi connectivity index (χ2v) is 4.86. The van der Waals surface area contributed by atoms with Crippen LogP contribution in [0.25, 0.3) is 0 Å². The normalized spacial score (nSPS) is 11.3. The Morgan fingerprint density at radius 1 is 1.44 bits per heavy atom. The summed E-state index contributed by atoms with van der Waals surface area (Å²) in [7, 11) is -3.68. The molecule has 88 valence electrons. The van der Waals surface area contributed by atoms with Crippen LogP contribution >= 0.6 is 0 Å². The summed E-state index contributed by atoms with van der Waals surface area (Å²) in [6.45, 7) is -0.168. The number of carbonyl (C=O) groups is 1. The molecule has 0 saturated carbocycles. The molecule has 1 aromatic heterocycles. The third-order valence-corrected chi connectivity index (χ3v) is 2.60. The van der Waals surface area contributed by atoms with Gasteiger partial charge in [-0.25, -0.2) is 18.4 Å². The molecule has 8 heteroatoms. The van der Waals surface area contributed by atoms with E-state index in [9.17, 15) is 18.0 Å². The molecule has 1 rings (SSSR count). The number of hydrogen-bond acceptors (Lipinski definition) is 4. The first-order valence-electron chi connectivity index (χ1n) is 4.24. The second kappa shape index (κ2) is 4.45. The molecule has 0 aromatic carbocycles. The van der Waals surface area contributed by atoms with Crippen molar-refractivity contribution in [1.82, 2.24) is 4.57 Å². The van der Waals surface area contributed by atoms with Crippen molar-refractivity contribution in [3.63, 3.8) is 0 Å². The highest BCUT2D eigenvalue weighted by Crippen LogP contribution is 1.96. The maximum atomic E-state index is 11.2. The van der Waals surface area contributed by atoms with Gasteiger partial charge < -0.3 is 9.67 Å². The van der Waals surface area contributed by atoms with Gasteiger partial charge in [-0.2, -0.15) is 0 Å². The fourth-order valence-electron chi connectivity index (χ4n) is 1.06. The van der Waals surface area contributed by atoms with E-state index in [1.165, 1.54) is 0 Å². The summed E-state index contributed by atoms with van der Waals surface area (Å²) >= 11 is 0. The van der Waals surface area contributed by atoms with Crippen molar-refractivity contribution in [2.45, 2.75) is 6.54 Å². The van der Waals surface area contributed by atoms with Crippen LogP contribution in [-0.4, -0.2) is 29.8 Å². The average molecular weight is 246 g/mol. The van der Waals surface area contributed by atoms with Crippen LogP contribution in [0.3, 0.4) is 0 Å². The molecule has 0 aliphatic rings. The van der Waals surface area contributed by atoms with Crippen molar-refractivity contribution in [1.29, 1.82) is 0 Å². The number of aromatic nitrogens is 1. The molecule has 0 amide bonds. The maximum Gasteiger partial charge on any atom is 0.337 e. The van der Waals surface area contributed by atoms with Gasteiger partial charge in [-0.3, -0.25) is 4.79 Å². The number of nitrogens with two attached hydrogens (primary N) is 1. The molecule has 3 N–H and O–H groups in total. The zero-order chi connectivity index (χ0) is 12.3. The van der Waals surface area contributed by atoms with Crippen LogP contribution in [-0.2, 0) is 16.6 Å². The van der Waals surface area contributed by atoms with E-state index in [4.69, 9.17) is 10.2 Å². The van der Waals surface area contributed by atoms with E-state index in [2.05, 4.69) is 0 Å². The second-order valence-electron chi connectivity index (χ2n) is 3.12. The van der Waals surface area contributed by atoms with Crippen LogP contribution in [0.5, 0.6) is 0 Å². The first-order valence-corrected chi connectivity index (χ1v) is 5.95. The van der Waals surface area contributed by atoms with E-state index in [0.29, 0.717) is 0 Å². The highest BCUT2D eigenvalue weighted by Gasteiger charge is 2.07. The number of carboxylic acid groups (broad SMARTS) is 1. The molecule has 0 fully saturated rings. The minimum Gasteiger partial charge on any atom is -0.478 e. The van der Waals surface area contributed by atoms with Gasteiger partial charge in [0, 0.05) is 18.8 Å². The van der Waals surface area contributed by atoms with E-state index in [0.717, 1.165) is 22.9 Å². The Labute approximate surface area is 91.2 Å². The Bertz CT molecular complexity index is 560. The minimum absolute atomic E-state index is 0.0889. The molecule has 0 bridgehead atoms. The highest BCUT2D eigenvalue weighted by atomic mass is 32.2. The van der Waals surface area contributed by atoms with Gasteiger partial charge in [-0.1, -0.05) is 0 Å². The van der Waals surface area contributed by atoms with E-state index in [1.807, 2.05) is 0 Å². The number of pyridine rings is 1. The molecule has 16 heavy (non-hydrogen) atoms. The van der Waals surface area contributed by atoms with Gasteiger partial charge in [-0.15, -0.1) is 0 Å². The topological polar surface area (TPSA) is 119 Å².